The molecule has 112 valence electrons. The predicted molar refractivity (Wildman–Crippen MR) is 67.7 cm³/mol. The Bertz CT molecular complexity index is 276. The smallest absolute Gasteiger partial charge is 0.346 e. The Morgan fingerprint density at radius 2 is 1.89 bits per heavy atom. The number of carbonyl (C=O) groups excluding carboxylic acids is 1. The van der Waals surface area contributed by atoms with Gasteiger partial charge in [-0.2, -0.15) is 13.2 Å². The van der Waals surface area contributed by atoms with E-state index in [0.717, 1.165) is 19.3 Å². The summed E-state index contributed by atoms with van der Waals surface area (Å²) in [6.45, 7) is 0.749. The molecule has 0 aromatic rings. The highest BCUT2D eigenvalue weighted by atomic mass is 19.4. The van der Waals surface area contributed by atoms with Crippen LogP contribution >= 0.6 is 0 Å². The molecule has 2 N–H and O–H groups in total. The van der Waals surface area contributed by atoms with Gasteiger partial charge in [0.15, 0.2) is 0 Å². The summed E-state index contributed by atoms with van der Waals surface area (Å²) in [4.78, 5) is 11.3. The van der Waals surface area contributed by atoms with Crippen LogP contribution in [0.2, 0.25) is 0 Å². The highest BCUT2D eigenvalue weighted by Crippen LogP contribution is 2.27. The van der Waals surface area contributed by atoms with Gasteiger partial charge in [0.05, 0.1) is 6.54 Å². The lowest BCUT2D eigenvalue weighted by Crippen LogP contribution is -2.44. The first-order chi connectivity index (χ1) is 8.92. The van der Waals surface area contributed by atoms with Crippen LogP contribution in [0.3, 0.4) is 0 Å². The number of nitrogens with one attached hydrogen (secondary N) is 2. The lowest BCUT2D eigenvalue weighted by molar-refractivity contribution is -0.138. The Morgan fingerprint density at radius 3 is 2.42 bits per heavy atom. The van der Waals surface area contributed by atoms with E-state index in [1.54, 1.807) is 0 Å². The second-order valence-corrected chi connectivity index (χ2v) is 5.19. The number of carbonyl (C=O) groups is 1. The van der Waals surface area contributed by atoms with E-state index in [9.17, 15) is 18.0 Å². The van der Waals surface area contributed by atoms with Gasteiger partial charge in [-0.25, -0.2) is 0 Å². The Balaban J connectivity index is 2.26. The third-order valence-electron chi connectivity index (χ3n) is 3.67. The van der Waals surface area contributed by atoms with Crippen molar-refractivity contribution in [3.63, 3.8) is 0 Å². The number of amides is 1. The highest BCUT2D eigenvalue weighted by molar-refractivity contribution is 5.78. The van der Waals surface area contributed by atoms with E-state index >= 15 is 0 Å². The van der Waals surface area contributed by atoms with E-state index in [4.69, 9.17) is 0 Å². The van der Waals surface area contributed by atoms with Gasteiger partial charge in [-0.15, -0.1) is 0 Å². The van der Waals surface area contributed by atoms with Crippen LogP contribution in [-0.2, 0) is 4.79 Å². The molecule has 1 aliphatic carbocycles. The summed E-state index contributed by atoms with van der Waals surface area (Å²) in [5.41, 5.74) is 0. The minimum absolute atomic E-state index is 0.0366. The van der Waals surface area contributed by atoms with Crippen LogP contribution in [-0.4, -0.2) is 31.2 Å². The molecule has 0 aliphatic heterocycles. The average molecular weight is 280 g/mol. The highest BCUT2D eigenvalue weighted by Gasteiger charge is 2.28. The number of alkyl halides is 3. The molecule has 0 spiro atoms. The van der Waals surface area contributed by atoms with Gasteiger partial charge in [-0.1, -0.05) is 26.2 Å². The molecule has 0 radical (unpaired) electrons. The number of hydrogen-bond acceptors (Lipinski definition) is 2. The lowest BCUT2D eigenvalue weighted by atomic mass is 9.83. The normalized spacial score (nSPS) is 19.2. The molecule has 0 aromatic carbocycles. The van der Waals surface area contributed by atoms with Crippen LogP contribution in [0.1, 0.15) is 45.4 Å². The fourth-order valence-electron chi connectivity index (χ4n) is 2.67. The predicted octanol–water partition coefficient (Wildman–Crippen LogP) is 2.61. The Hall–Kier alpha value is -0.780. The van der Waals surface area contributed by atoms with E-state index in [1.807, 2.05) is 12.2 Å². The van der Waals surface area contributed by atoms with Crippen molar-refractivity contribution in [2.24, 2.45) is 5.92 Å². The number of rotatable bonds is 6. The van der Waals surface area contributed by atoms with Gasteiger partial charge in [-0.3, -0.25) is 4.79 Å². The maximum absolute atomic E-state index is 11.9. The van der Waals surface area contributed by atoms with Gasteiger partial charge in [0.25, 0.3) is 0 Å². The fraction of sp³-hybridized carbons (Fsp3) is 0.923. The van der Waals surface area contributed by atoms with Gasteiger partial charge in [0, 0.05) is 6.04 Å². The van der Waals surface area contributed by atoms with Crippen molar-refractivity contribution in [2.75, 3.05) is 13.1 Å². The summed E-state index contributed by atoms with van der Waals surface area (Å²) in [6, 6.07) is 0.233. The standard InChI is InChI=1S/C13H23F3N2O/c1-2-11(10-6-4-3-5-7-10)17-8-12(19)18-9-13(14,15)16/h10-11,17H,2-9H2,1H3,(H,18,19). The van der Waals surface area contributed by atoms with Gasteiger partial charge < -0.3 is 10.6 Å². The van der Waals surface area contributed by atoms with Crippen LogP contribution in [0.25, 0.3) is 0 Å². The van der Waals surface area contributed by atoms with Gasteiger partial charge in [0.1, 0.15) is 6.54 Å². The van der Waals surface area contributed by atoms with E-state index in [2.05, 4.69) is 5.32 Å². The van der Waals surface area contributed by atoms with E-state index < -0.39 is 18.6 Å². The molecule has 1 unspecified atom stereocenters. The quantitative estimate of drug-likeness (QED) is 0.785. The van der Waals surface area contributed by atoms with Crippen molar-refractivity contribution in [2.45, 2.75) is 57.7 Å². The van der Waals surface area contributed by atoms with Crippen molar-refractivity contribution >= 4 is 5.91 Å². The molecule has 1 rings (SSSR count). The molecule has 1 amide bonds. The topological polar surface area (TPSA) is 41.1 Å². The zero-order chi connectivity index (χ0) is 14.3. The van der Waals surface area contributed by atoms with Crippen LogP contribution in [0.5, 0.6) is 0 Å². The van der Waals surface area contributed by atoms with Gasteiger partial charge in [0.2, 0.25) is 5.91 Å². The first-order valence-electron chi connectivity index (χ1n) is 6.99. The summed E-state index contributed by atoms with van der Waals surface area (Å²) in [5.74, 6) is -0.0410. The average Bonchev–Trinajstić information content (AvgIpc) is 2.37. The Kier molecular flexibility index (Phi) is 6.62. The van der Waals surface area contributed by atoms with Crippen molar-refractivity contribution in [1.29, 1.82) is 0 Å². The first kappa shape index (κ1) is 16.3. The molecule has 1 aliphatic rings. The zero-order valence-corrected chi connectivity index (χ0v) is 11.4. The van der Waals surface area contributed by atoms with Crippen molar-refractivity contribution in [3.8, 4) is 0 Å². The van der Waals surface area contributed by atoms with Crippen molar-refractivity contribution in [1.82, 2.24) is 10.6 Å². The van der Waals surface area contributed by atoms with E-state index in [-0.39, 0.29) is 12.6 Å². The number of hydrogen-bond donors (Lipinski definition) is 2. The molecule has 0 aromatic heterocycles. The van der Waals surface area contributed by atoms with Crippen LogP contribution in [0.15, 0.2) is 0 Å². The first-order valence-corrected chi connectivity index (χ1v) is 6.99. The van der Waals surface area contributed by atoms with Crippen molar-refractivity contribution < 1.29 is 18.0 Å². The monoisotopic (exact) mass is 280 g/mol. The fourth-order valence-corrected chi connectivity index (χ4v) is 2.67. The van der Waals surface area contributed by atoms with Crippen LogP contribution < -0.4 is 10.6 Å². The maximum Gasteiger partial charge on any atom is 0.405 e. The third kappa shape index (κ3) is 6.80. The van der Waals surface area contributed by atoms with Crippen molar-refractivity contribution in [3.05, 3.63) is 0 Å². The van der Waals surface area contributed by atoms with Gasteiger partial charge in [-0.05, 0) is 25.2 Å². The van der Waals surface area contributed by atoms with E-state index in [0.29, 0.717) is 5.92 Å². The molecule has 19 heavy (non-hydrogen) atoms. The lowest BCUT2D eigenvalue weighted by Gasteiger charge is -2.30. The molecule has 6 heteroatoms. The summed E-state index contributed by atoms with van der Waals surface area (Å²) >= 11 is 0. The molecule has 1 saturated carbocycles. The maximum atomic E-state index is 11.9. The van der Waals surface area contributed by atoms with Crippen LogP contribution in [0, 0.1) is 5.92 Å². The molecule has 0 heterocycles. The Labute approximate surface area is 112 Å². The minimum Gasteiger partial charge on any atom is -0.346 e. The SMILES string of the molecule is CCC(NCC(=O)NCC(F)(F)F)C1CCCCC1. The largest absolute Gasteiger partial charge is 0.405 e. The molecular formula is C13H23F3N2O. The summed E-state index contributed by atoms with van der Waals surface area (Å²) in [7, 11) is 0. The second kappa shape index (κ2) is 7.72. The van der Waals surface area contributed by atoms with Crippen LogP contribution in [0.4, 0.5) is 13.2 Å². The van der Waals surface area contributed by atoms with E-state index in [1.165, 1.54) is 19.3 Å². The molecular weight excluding hydrogens is 257 g/mol. The third-order valence-corrected chi connectivity index (χ3v) is 3.67. The molecule has 1 atom stereocenters. The summed E-state index contributed by atoms with van der Waals surface area (Å²) in [6.07, 6.45) is 2.54. The number of halogens is 3. The minimum atomic E-state index is -4.34. The molecule has 0 bridgehead atoms. The Morgan fingerprint density at radius 1 is 1.26 bits per heavy atom. The summed E-state index contributed by atoms with van der Waals surface area (Å²) in [5, 5.41) is 4.97. The zero-order valence-electron chi connectivity index (χ0n) is 11.4. The summed E-state index contributed by atoms with van der Waals surface area (Å²) < 4.78 is 35.8. The molecule has 0 saturated heterocycles. The second-order valence-electron chi connectivity index (χ2n) is 5.19. The van der Waals surface area contributed by atoms with Gasteiger partial charge >= 0.3 is 6.18 Å². The molecule has 1 fully saturated rings. The molecule has 3 nitrogen and oxygen atoms in total.